The summed E-state index contributed by atoms with van der Waals surface area (Å²) < 4.78 is 11.3. The number of benzene rings is 1. The van der Waals surface area contributed by atoms with Crippen molar-refractivity contribution in [1.82, 2.24) is 0 Å². The highest BCUT2D eigenvalue weighted by molar-refractivity contribution is 9.10. The Kier molecular flexibility index (Phi) is 4.60. The molecule has 25 heavy (non-hydrogen) atoms. The van der Waals surface area contributed by atoms with E-state index in [4.69, 9.17) is 9.47 Å². The van der Waals surface area contributed by atoms with Crippen molar-refractivity contribution in [2.75, 3.05) is 19.5 Å². The van der Waals surface area contributed by atoms with Gasteiger partial charge in [-0.3, -0.25) is 9.59 Å². The predicted molar refractivity (Wildman–Crippen MR) is 98.8 cm³/mol. The third kappa shape index (κ3) is 2.75. The maximum Gasteiger partial charge on any atom is 0.311 e. The number of carbonyl (C=O) groups is 2. The first-order valence-corrected chi connectivity index (χ1v) is 9.32. The summed E-state index contributed by atoms with van der Waals surface area (Å²) in [5, 5.41) is 3.02. The van der Waals surface area contributed by atoms with E-state index in [1.165, 1.54) is 7.11 Å². The van der Waals surface area contributed by atoms with Crippen LogP contribution in [0.3, 0.4) is 0 Å². The van der Waals surface area contributed by atoms with Gasteiger partial charge in [0.2, 0.25) is 5.91 Å². The number of rotatable bonds is 2. The van der Waals surface area contributed by atoms with Gasteiger partial charge in [-0.25, -0.2) is 0 Å². The third-order valence-electron chi connectivity index (χ3n) is 6.15. The fourth-order valence-corrected chi connectivity index (χ4v) is 5.32. The second kappa shape index (κ2) is 6.31. The van der Waals surface area contributed by atoms with Crippen molar-refractivity contribution < 1.29 is 19.1 Å². The van der Waals surface area contributed by atoms with E-state index in [9.17, 15) is 9.59 Å². The first-order valence-electron chi connectivity index (χ1n) is 8.52. The lowest BCUT2D eigenvalue weighted by Gasteiger charge is -2.50. The van der Waals surface area contributed by atoms with Gasteiger partial charge in [0.05, 0.1) is 25.3 Å². The Labute approximate surface area is 156 Å². The topological polar surface area (TPSA) is 64.6 Å². The van der Waals surface area contributed by atoms with Crippen LogP contribution in [0.15, 0.2) is 16.6 Å². The lowest BCUT2D eigenvalue weighted by Crippen LogP contribution is -2.50. The van der Waals surface area contributed by atoms with Crippen molar-refractivity contribution in [3.05, 3.63) is 22.2 Å². The molecule has 0 aromatic heterocycles. The maximum atomic E-state index is 12.6. The Morgan fingerprint density at radius 1 is 1.28 bits per heavy atom. The fourth-order valence-electron chi connectivity index (χ4n) is 4.78. The number of amides is 1. The van der Waals surface area contributed by atoms with Crippen molar-refractivity contribution in [2.24, 2.45) is 11.3 Å². The van der Waals surface area contributed by atoms with E-state index in [2.05, 4.69) is 28.2 Å². The number of nitrogens with one attached hydrogen (secondary N) is 1. The van der Waals surface area contributed by atoms with Crippen LogP contribution in [0.5, 0.6) is 5.75 Å². The average molecular weight is 410 g/mol. The number of anilines is 1. The molecule has 0 radical (unpaired) electrons. The van der Waals surface area contributed by atoms with Crippen molar-refractivity contribution in [1.29, 1.82) is 0 Å². The third-order valence-corrected chi connectivity index (χ3v) is 6.78. The van der Waals surface area contributed by atoms with Crippen LogP contribution in [-0.4, -0.2) is 26.1 Å². The van der Waals surface area contributed by atoms with Crippen LogP contribution in [0.25, 0.3) is 0 Å². The van der Waals surface area contributed by atoms with Crippen LogP contribution >= 0.6 is 15.9 Å². The van der Waals surface area contributed by atoms with Gasteiger partial charge in [-0.2, -0.15) is 0 Å². The van der Waals surface area contributed by atoms with Gasteiger partial charge in [0.1, 0.15) is 5.75 Å². The molecule has 1 heterocycles. The molecule has 1 aromatic rings. The minimum atomic E-state index is -0.684. The molecule has 3 rings (SSSR count). The van der Waals surface area contributed by atoms with Gasteiger partial charge in [-0.05, 0) is 64.7 Å². The normalized spacial score (nSPS) is 31.2. The van der Waals surface area contributed by atoms with E-state index in [1.54, 1.807) is 7.11 Å². The summed E-state index contributed by atoms with van der Waals surface area (Å²) >= 11 is 3.56. The first-order chi connectivity index (χ1) is 11.8. The van der Waals surface area contributed by atoms with Gasteiger partial charge in [0, 0.05) is 10.9 Å². The first kappa shape index (κ1) is 18.2. The monoisotopic (exact) mass is 409 g/mol. The van der Waals surface area contributed by atoms with Crippen molar-refractivity contribution in [3.8, 4) is 5.75 Å². The molecule has 2 aliphatic rings. The standard InChI is InChI=1S/C19H24BrNO4/c1-18-6-5-7-19(2,17(23)25-4)14(18)10-15(22)21-16-12(18)8-11(24-3)9-13(16)20/h8-9,14H,5-7,10H2,1-4H3,(H,21,22). The lowest BCUT2D eigenvalue weighted by atomic mass is 9.53. The molecular formula is C19H24BrNO4. The Hall–Kier alpha value is -1.56. The van der Waals surface area contributed by atoms with Gasteiger partial charge >= 0.3 is 5.97 Å². The zero-order valence-electron chi connectivity index (χ0n) is 15.1. The smallest absolute Gasteiger partial charge is 0.311 e. The highest BCUT2D eigenvalue weighted by Crippen LogP contribution is 2.58. The number of ether oxygens (including phenoxy) is 2. The zero-order valence-corrected chi connectivity index (χ0v) is 16.7. The molecule has 1 N–H and O–H groups in total. The molecular weight excluding hydrogens is 386 g/mol. The van der Waals surface area contributed by atoms with Crippen LogP contribution in [0, 0.1) is 11.3 Å². The Morgan fingerprint density at radius 2 is 2.00 bits per heavy atom. The molecule has 136 valence electrons. The van der Waals surface area contributed by atoms with Gasteiger partial charge in [0.25, 0.3) is 0 Å². The summed E-state index contributed by atoms with van der Waals surface area (Å²) in [6, 6.07) is 3.84. The summed E-state index contributed by atoms with van der Waals surface area (Å²) in [6.45, 7) is 4.09. The van der Waals surface area contributed by atoms with Crippen LogP contribution in [0.4, 0.5) is 5.69 Å². The minimum Gasteiger partial charge on any atom is -0.497 e. The van der Waals surface area contributed by atoms with E-state index in [0.717, 1.165) is 40.7 Å². The largest absolute Gasteiger partial charge is 0.497 e. The van der Waals surface area contributed by atoms with E-state index in [1.807, 2.05) is 19.1 Å². The van der Waals surface area contributed by atoms with E-state index in [0.29, 0.717) is 6.42 Å². The number of methoxy groups -OCH3 is 2. The molecule has 1 aliphatic carbocycles. The van der Waals surface area contributed by atoms with Crippen LogP contribution in [0.2, 0.25) is 0 Å². The Morgan fingerprint density at radius 3 is 2.64 bits per heavy atom. The second-order valence-corrected chi connectivity index (χ2v) is 8.37. The van der Waals surface area contributed by atoms with Crippen LogP contribution in [0.1, 0.15) is 45.1 Å². The highest BCUT2D eigenvalue weighted by atomic mass is 79.9. The molecule has 1 amide bonds. The van der Waals surface area contributed by atoms with Crippen LogP contribution < -0.4 is 10.1 Å². The maximum absolute atomic E-state index is 12.6. The van der Waals surface area contributed by atoms with Crippen molar-refractivity contribution >= 4 is 33.5 Å². The molecule has 0 bridgehead atoms. The number of hydrogen-bond donors (Lipinski definition) is 1. The van der Waals surface area contributed by atoms with Crippen LogP contribution in [-0.2, 0) is 19.7 Å². The molecule has 1 aromatic carbocycles. The van der Waals surface area contributed by atoms with E-state index in [-0.39, 0.29) is 23.2 Å². The van der Waals surface area contributed by atoms with Crippen molar-refractivity contribution in [3.63, 3.8) is 0 Å². The number of esters is 1. The van der Waals surface area contributed by atoms with Gasteiger partial charge in [-0.1, -0.05) is 13.3 Å². The minimum absolute atomic E-state index is 0.0714. The highest BCUT2D eigenvalue weighted by Gasteiger charge is 2.56. The molecule has 0 saturated heterocycles. The molecule has 1 saturated carbocycles. The Bertz CT molecular complexity index is 734. The fraction of sp³-hybridized carbons (Fsp3) is 0.579. The van der Waals surface area contributed by atoms with Gasteiger partial charge < -0.3 is 14.8 Å². The Balaban J connectivity index is 2.23. The average Bonchev–Trinajstić information content (AvgIpc) is 2.70. The SMILES string of the molecule is COC(=O)C1(C)CCCC2(C)c3cc(OC)cc(Br)c3NC(=O)CC12. The quantitative estimate of drug-likeness (QED) is 0.748. The zero-order chi connectivity index (χ0) is 18.4. The van der Waals surface area contributed by atoms with E-state index >= 15 is 0 Å². The molecule has 6 heteroatoms. The predicted octanol–water partition coefficient (Wildman–Crippen LogP) is 4.04. The number of halogens is 1. The summed E-state index contributed by atoms with van der Waals surface area (Å²) in [4.78, 5) is 25.3. The molecule has 3 atom stereocenters. The van der Waals surface area contributed by atoms with E-state index < -0.39 is 5.41 Å². The molecule has 5 nitrogen and oxygen atoms in total. The summed E-state index contributed by atoms with van der Waals surface area (Å²) in [5.41, 5.74) is 0.789. The van der Waals surface area contributed by atoms with Gasteiger partial charge in [-0.15, -0.1) is 0 Å². The second-order valence-electron chi connectivity index (χ2n) is 7.52. The van der Waals surface area contributed by atoms with Crippen molar-refractivity contribution in [2.45, 2.75) is 44.9 Å². The molecule has 0 spiro atoms. The molecule has 1 aliphatic heterocycles. The molecule has 1 fully saturated rings. The molecule has 3 unspecified atom stereocenters. The number of hydrogen-bond acceptors (Lipinski definition) is 4. The summed E-state index contributed by atoms with van der Waals surface area (Å²) in [5.74, 6) is 0.285. The number of carbonyl (C=O) groups excluding carboxylic acids is 2. The lowest BCUT2D eigenvalue weighted by molar-refractivity contribution is -0.161. The summed E-state index contributed by atoms with van der Waals surface area (Å²) in [7, 11) is 3.05. The number of fused-ring (bicyclic) bond motifs is 3. The summed E-state index contributed by atoms with van der Waals surface area (Å²) in [6.07, 6.45) is 2.84. The van der Waals surface area contributed by atoms with Gasteiger partial charge in [0.15, 0.2) is 0 Å².